The highest BCUT2D eigenvalue weighted by molar-refractivity contribution is 5.92. The van der Waals surface area contributed by atoms with Crippen LogP contribution in [0.3, 0.4) is 0 Å². The van der Waals surface area contributed by atoms with Gasteiger partial charge in [0.2, 0.25) is 5.91 Å². The maximum atomic E-state index is 11.4. The molecule has 0 saturated heterocycles. The van der Waals surface area contributed by atoms with Crippen molar-refractivity contribution in [1.82, 2.24) is 5.32 Å². The predicted octanol–water partition coefficient (Wildman–Crippen LogP) is 0.690. The zero-order valence-electron chi connectivity index (χ0n) is 10.4. The Hall–Kier alpha value is -2.57. The summed E-state index contributed by atoms with van der Waals surface area (Å²) >= 11 is 0. The molecule has 102 valence electrons. The number of hydrogen-bond acceptors (Lipinski definition) is 3. The van der Waals surface area contributed by atoms with Gasteiger partial charge in [-0.15, -0.1) is 0 Å². The molecule has 0 aliphatic carbocycles. The van der Waals surface area contributed by atoms with Crippen molar-refractivity contribution in [3.63, 3.8) is 0 Å². The third kappa shape index (κ3) is 4.66. The number of rotatable bonds is 5. The maximum Gasteiger partial charge on any atom is 0.335 e. The van der Waals surface area contributed by atoms with Gasteiger partial charge in [0.15, 0.2) is 0 Å². The highest BCUT2D eigenvalue weighted by Gasteiger charge is 2.08. The Labute approximate surface area is 109 Å². The van der Waals surface area contributed by atoms with E-state index in [-0.39, 0.29) is 18.5 Å². The number of carboxylic acids is 1. The molecule has 1 rings (SSSR count). The average molecular weight is 265 g/mol. The molecule has 0 bridgehead atoms. The average Bonchev–Trinajstić information content (AvgIpc) is 2.27. The third-order valence-corrected chi connectivity index (χ3v) is 2.37. The Kier molecular flexibility index (Phi) is 4.87. The number of hydrogen-bond donors (Lipinski definition) is 4. The van der Waals surface area contributed by atoms with Gasteiger partial charge in [-0.3, -0.25) is 4.79 Å². The summed E-state index contributed by atoms with van der Waals surface area (Å²) in [4.78, 5) is 32.7. The molecule has 1 aromatic rings. The SMILES string of the molecule is Cc1cc(NC(=O)NCCC(N)=O)ccc1C(=O)O. The van der Waals surface area contributed by atoms with Crippen LogP contribution in [-0.2, 0) is 4.79 Å². The minimum absolute atomic E-state index is 0.0599. The molecule has 0 atom stereocenters. The van der Waals surface area contributed by atoms with Crippen LogP contribution in [0.25, 0.3) is 0 Å². The van der Waals surface area contributed by atoms with Gasteiger partial charge in [-0.2, -0.15) is 0 Å². The van der Waals surface area contributed by atoms with E-state index in [0.717, 1.165) is 0 Å². The summed E-state index contributed by atoms with van der Waals surface area (Å²) in [6, 6.07) is 3.97. The smallest absolute Gasteiger partial charge is 0.335 e. The van der Waals surface area contributed by atoms with Gasteiger partial charge in [-0.25, -0.2) is 9.59 Å². The van der Waals surface area contributed by atoms with Crippen LogP contribution in [-0.4, -0.2) is 29.6 Å². The summed E-state index contributed by atoms with van der Waals surface area (Å²) in [5, 5.41) is 13.8. The Bertz CT molecular complexity index is 514. The van der Waals surface area contributed by atoms with E-state index in [9.17, 15) is 14.4 Å². The van der Waals surface area contributed by atoms with Crippen LogP contribution in [0.1, 0.15) is 22.3 Å². The molecule has 7 heteroatoms. The first-order valence-electron chi connectivity index (χ1n) is 5.57. The van der Waals surface area contributed by atoms with E-state index in [1.54, 1.807) is 13.0 Å². The quantitative estimate of drug-likeness (QED) is 0.625. The van der Waals surface area contributed by atoms with E-state index in [2.05, 4.69) is 10.6 Å². The van der Waals surface area contributed by atoms with Crippen molar-refractivity contribution in [3.8, 4) is 0 Å². The van der Waals surface area contributed by atoms with Gasteiger partial charge in [-0.1, -0.05) is 0 Å². The Morgan fingerprint density at radius 1 is 1.32 bits per heavy atom. The van der Waals surface area contributed by atoms with Gasteiger partial charge in [0.1, 0.15) is 0 Å². The van der Waals surface area contributed by atoms with E-state index in [0.29, 0.717) is 11.3 Å². The van der Waals surface area contributed by atoms with Crippen molar-refractivity contribution in [2.24, 2.45) is 5.73 Å². The molecule has 0 aliphatic rings. The molecule has 0 saturated carbocycles. The summed E-state index contributed by atoms with van der Waals surface area (Å²) in [6.45, 7) is 1.78. The van der Waals surface area contributed by atoms with Crippen molar-refractivity contribution in [3.05, 3.63) is 29.3 Å². The number of urea groups is 1. The van der Waals surface area contributed by atoms with Gasteiger partial charge < -0.3 is 21.5 Å². The normalized spacial score (nSPS) is 9.74. The second kappa shape index (κ2) is 6.39. The zero-order chi connectivity index (χ0) is 14.4. The van der Waals surface area contributed by atoms with Crippen molar-refractivity contribution in [2.75, 3.05) is 11.9 Å². The van der Waals surface area contributed by atoms with Gasteiger partial charge in [0.05, 0.1) is 5.56 Å². The number of carbonyl (C=O) groups excluding carboxylic acids is 2. The highest BCUT2D eigenvalue weighted by Crippen LogP contribution is 2.15. The molecule has 7 nitrogen and oxygen atoms in total. The van der Waals surface area contributed by atoms with Gasteiger partial charge in [0.25, 0.3) is 0 Å². The number of aromatic carboxylic acids is 1. The summed E-state index contributed by atoms with van der Waals surface area (Å²) in [7, 11) is 0. The molecule has 0 radical (unpaired) electrons. The fourth-order valence-electron chi connectivity index (χ4n) is 1.46. The monoisotopic (exact) mass is 265 g/mol. The fraction of sp³-hybridized carbons (Fsp3) is 0.250. The van der Waals surface area contributed by atoms with E-state index in [4.69, 9.17) is 10.8 Å². The lowest BCUT2D eigenvalue weighted by atomic mass is 10.1. The first kappa shape index (κ1) is 14.5. The molecular formula is C12H15N3O4. The third-order valence-electron chi connectivity index (χ3n) is 2.37. The van der Waals surface area contributed by atoms with Crippen LogP contribution >= 0.6 is 0 Å². The summed E-state index contributed by atoms with van der Waals surface area (Å²) in [5.74, 6) is -1.52. The van der Waals surface area contributed by atoms with E-state index < -0.39 is 17.9 Å². The molecule has 1 aromatic carbocycles. The first-order chi connectivity index (χ1) is 8.90. The van der Waals surface area contributed by atoms with Gasteiger partial charge >= 0.3 is 12.0 Å². The summed E-state index contributed by atoms with van der Waals surface area (Å²) in [6.07, 6.45) is 0.0599. The lowest BCUT2D eigenvalue weighted by Gasteiger charge is -2.08. The lowest BCUT2D eigenvalue weighted by molar-refractivity contribution is -0.117. The maximum absolute atomic E-state index is 11.4. The summed E-state index contributed by atoms with van der Waals surface area (Å²) in [5.41, 5.74) is 6.13. The molecule has 0 unspecified atom stereocenters. The molecule has 19 heavy (non-hydrogen) atoms. The van der Waals surface area contributed by atoms with E-state index in [1.165, 1.54) is 12.1 Å². The number of primary amides is 1. The molecular weight excluding hydrogens is 250 g/mol. The lowest BCUT2D eigenvalue weighted by Crippen LogP contribution is -2.31. The number of carboxylic acid groups (broad SMARTS) is 1. The number of nitrogens with one attached hydrogen (secondary N) is 2. The Morgan fingerprint density at radius 3 is 2.53 bits per heavy atom. The molecule has 0 heterocycles. The largest absolute Gasteiger partial charge is 0.478 e. The second-order valence-corrected chi connectivity index (χ2v) is 3.93. The van der Waals surface area contributed by atoms with Crippen molar-refractivity contribution >= 4 is 23.6 Å². The first-order valence-corrected chi connectivity index (χ1v) is 5.57. The number of aryl methyl sites for hydroxylation is 1. The predicted molar refractivity (Wildman–Crippen MR) is 69.0 cm³/mol. The van der Waals surface area contributed by atoms with Crippen LogP contribution < -0.4 is 16.4 Å². The number of nitrogens with two attached hydrogens (primary N) is 1. The molecule has 5 N–H and O–H groups in total. The number of amides is 3. The van der Waals surface area contributed by atoms with Crippen LogP contribution in [0.4, 0.5) is 10.5 Å². The van der Waals surface area contributed by atoms with Crippen LogP contribution in [0, 0.1) is 6.92 Å². The molecule has 3 amide bonds. The molecule has 0 aromatic heterocycles. The summed E-state index contributed by atoms with van der Waals surface area (Å²) < 4.78 is 0. The second-order valence-electron chi connectivity index (χ2n) is 3.93. The van der Waals surface area contributed by atoms with Crippen molar-refractivity contribution < 1.29 is 19.5 Å². The number of benzene rings is 1. The molecule has 0 aliphatic heterocycles. The Balaban J connectivity index is 2.58. The number of carbonyl (C=O) groups is 3. The van der Waals surface area contributed by atoms with Crippen molar-refractivity contribution in [1.29, 1.82) is 0 Å². The highest BCUT2D eigenvalue weighted by atomic mass is 16.4. The zero-order valence-corrected chi connectivity index (χ0v) is 10.4. The van der Waals surface area contributed by atoms with Crippen molar-refractivity contribution in [2.45, 2.75) is 13.3 Å². The minimum atomic E-state index is -1.02. The van der Waals surface area contributed by atoms with E-state index in [1.807, 2.05) is 0 Å². The minimum Gasteiger partial charge on any atom is -0.478 e. The van der Waals surface area contributed by atoms with E-state index >= 15 is 0 Å². The van der Waals surface area contributed by atoms with Crippen LogP contribution in [0.15, 0.2) is 18.2 Å². The number of anilines is 1. The topological polar surface area (TPSA) is 122 Å². The van der Waals surface area contributed by atoms with Gasteiger partial charge in [-0.05, 0) is 30.7 Å². The van der Waals surface area contributed by atoms with Gasteiger partial charge in [0, 0.05) is 18.7 Å². The van der Waals surface area contributed by atoms with Crippen LogP contribution in [0.5, 0.6) is 0 Å². The standard InChI is InChI=1S/C12H15N3O4/c1-7-6-8(2-3-9(7)11(17)18)15-12(19)14-5-4-10(13)16/h2-3,6H,4-5H2,1H3,(H2,13,16)(H,17,18)(H2,14,15,19). The fourth-order valence-corrected chi connectivity index (χ4v) is 1.46. The molecule has 0 fully saturated rings. The Morgan fingerprint density at radius 2 is 2.00 bits per heavy atom. The van der Waals surface area contributed by atoms with Crippen LogP contribution in [0.2, 0.25) is 0 Å². The molecule has 0 spiro atoms.